The highest BCUT2D eigenvalue weighted by molar-refractivity contribution is 5.87. The molecule has 9 heteroatoms. The highest BCUT2D eigenvalue weighted by atomic mass is 16.5. The number of aromatic hydroxyl groups is 1. The number of ether oxygens (including phenoxy) is 1. The Balaban J connectivity index is 1.91. The van der Waals surface area contributed by atoms with Crippen LogP contribution < -0.4 is 9.64 Å². The number of esters is 1. The van der Waals surface area contributed by atoms with Crippen LogP contribution >= 0.6 is 0 Å². The Bertz CT molecular complexity index is 1040. The van der Waals surface area contributed by atoms with E-state index in [1.807, 2.05) is 26.0 Å². The highest BCUT2D eigenvalue weighted by Crippen LogP contribution is 2.24. The summed E-state index contributed by atoms with van der Waals surface area (Å²) in [7, 11) is 3.52. The Hall–Kier alpha value is -3.88. The molecular formula is C20H20N6O3. The Labute approximate surface area is 167 Å². The van der Waals surface area contributed by atoms with Crippen molar-refractivity contribution >= 4 is 24.1 Å². The molecular weight excluding hydrogens is 372 g/mol. The lowest BCUT2D eigenvalue weighted by Crippen LogP contribution is -2.20. The van der Waals surface area contributed by atoms with Gasteiger partial charge >= 0.3 is 5.97 Å². The fourth-order valence-corrected chi connectivity index (χ4v) is 2.49. The third-order valence-corrected chi connectivity index (χ3v) is 3.91. The minimum atomic E-state index is -0.740. The number of hydrogen-bond donors (Lipinski definition) is 1. The van der Waals surface area contributed by atoms with Crippen LogP contribution in [0.5, 0.6) is 11.5 Å². The van der Waals surface area contributed by atoms with Gasteiger partial charge in [-0.05, 0) is 48.7 Å². The number of aromatic nitrogens is 5. The van der Waals surface area contributed by atoms with Gasteiger partial charge in [0.25, 0.3) is 0 Å². The molecule has 2 heterocycles. The molecule has 3 rings (SSSR count). The predicted octanol–water partition coefficient (Wildman–Crippen LogP) is 2.44. The molecule has 2 aromatic heterocycles. The quantitative estimate of drug-likeness (QED) is 0.654. The number of nitrogens with zero attached hydrogens (tertiary/aromatic N) is 6. The average Bonchev–Trinajstić information content (AvgIpc) is 2.70. The van der Waals surface area contributed by atoms with Crippen molar-refractivity contribution in [1.82, 2.24) is 24.9 Å². The normalized spacial score (nSPS) is 10.9. The van der Waals surface area contributed by atoms with Gasteiger partial charge in [0.2, 0.25) is 11.8 Å². The van der Waals surface area contributed by atoms with Crippen LogP contribution in [0.3, 0.4) is 0 Å². The van der Waals surface area contributed by atoms with Crippen LogP contribution in [0.1, 0.15) is 33.1 Å². The molecule has 0 saturated carbocycles. The second-order valence-corrected chi connectivity index (χ2v) is 6.51. The minimum absolute atomic E-state index is 0.134. The number of aryl methyl sites for hydroxylation is 2. The van der Waals surface area contributed by atoms with Crippen molar-refractivity contribution in [3.05, 3.63) is 59.2 Å². The predicted molar refractivity (Wildman–Crippen MR) is 108 cm³/mol. The van der Waals surface area contributed by atoms with Gasteiger partial charge < -0.3 is 14.7 Å². The van der Waals surface area contributed by atoms with Crippen molar-refractivity contribution in [3.63, 3.8) is 0 Å². The van der Waals surface area contributed by atoms with Crippen molar-refractivity contribution in [2.24, 2.45) is 0 Å². The van der Waals surface area contributed by atoms with E-state index in [0.29, 0.717) is 11.8 Å². The highest BCUT2D eigenvalue weighted by Gasteiger charge is 2.16. The van der Waals surface area contributed by atoms with Crippen molar-refractivity contribution < 1.29 is 14.6 Å². The SMILES string of the molecule is Cc1cc(/C=C/c2nc(C(=O)Oc3cncnc3)nc(N(C)C)n2)cc(C)c1O. The topological polar surface area (TPSA) is 114 Å². The molecule has 0 atom stereocenters. The first-order chi connectivity index (χ1) is 13.8. The van der Waals surface area contributed by atoms with E-state index in [0.717, 1.165) is 16.7 Å². The Kier molecular flexibility index (Phi) is 5.77. The number of benzene rings is 1. The largest absolute Gasteiger partial charge is 0.507 e. The molecule has 3 aromatic rings. The number of phenolic OH excluding ortho intramolecular Hbond substituents is 1. The molecule has 148 valence electrons. The molecule has 0 aliphatic rings. The lowest BCUT2D eigenvalue weighted by Gasteiger charge is -2.11. The summed E-state index contributed by atoms with van der Waals surface area (Å²) in [4.78, 5) is 34.4. The standard InChI is InChI=1S/C20H20N6O3/c1-12-7-14(8-13(2)17(12)27)5-6-16-23-18(25-20(24-16)26(3)4)19(28)29-15-9-21-11-22-10-15/h5-11,27H,1-4H3/b6-5+. The lowest BCUT2D eigenvalue weighted by molar-refractivity contribution is 0.0720. The first-order valence-electron chi connectivity index (χ1n) is 8.72. The van der Waals surface area contributed by atoms with E-state index >= 15 is 0 Å². The summed E-state index contributed by atoms with van der Waals surface area (Å²) in [5, 5.41) is 9.91. The molecule has 1 aromatic carbocycles. The molecule has 0 spiro atoms. The summed E-state index contributed by atoms with van der Waals surface area (Å²) >= 11 is 0. The fourth-order valence-electron chi connectivity index (χ4n) is 2.49. The molecule has 0 fully saturated rings. The van der Waals surface area contributed by atoms with Gasteiger partial charge in [0.05, 0.1) is 12.4 Å². The van der Waals surface area contributed by atoms with Gasteiger partial charge in [-0.25, -0.2) is 19.7 Å². The molecule has 0 unspecified atom stereocenters. The number of anilines is 1. The van der Waals surface area contributed by atoms with Gasteiger partial charge in [0.1, 0.15) is 12.1 Å². The Morgan fingerprint density at radius 1 is 1.03 bits per heavy atom. The van der Waals surface area contributed by atoms with E-state index in [1.165, 1.54) is 18.7 Å². The van der Waals surface area contributed by atoms with E-state index < -0.39 is 5.97 Å². The third-order valence-electron chi connectivity index (χ3n) is 3.91. The fraction of sp³-hybridized carbons (Fsp3) is 0.200. The van der Waals surface area contributed by atoms with E-state index in [-0.39, 0.29) is 17.3 Å². The van der Waals surface area contributed by atoms with Crippen LogP contribution in [0.2, 0.25) is 0 Å². The lowest BCUT2D eigenvalue weighted by atomic mass is 10.1. The number of carbonyl (C=O) groups excluding carboxylic acids is 1. The molecule has 0 amide bonds. The smallest absolute Gasteiger partial charge is 0.382 e. The molecule has 9 nitrogen and oxygen atoms in total. The molecule has 0 aliphatic carbocycles. The first kappa shape index (κ1) is 19.9. The summed E-state index contributed by atoms with van der Waals surface area (Å²) in [5.41, 5.74) is 2.41. The van der Waals surface area contributed by atoms with Gasteiger partial charge in [-0.3, -0.25) is 0 Å². The molecule has 1 N–H and O–H groups in total. The molecule has 0 bridgehead atoms. The number of hydrogen-bond acceptors (Lipinski definition) is 9. The van der Waals surface area contributed by atoms with Crippen LogP contribution in [-0.2, 0) is 0 Å². The summed E-state index contributed by atoms with van der Waals surface area (Å²) in [6, 6.07) is 3.69. The maximum absolute atomic E-state index is 12.4. The summed E-state index contributed by atoms with van der Waals surface area (Å²) in [6.45, 7) is 3.66. The van der Waals surface area contributed by atoms with Gasteiger partial charge in [-0.2, -0.15) is 9.97 Å². The summed E-state index contributed by atoms with van der Waals surface area (Å²) in [5.74, 6) is 0.197. The molecule has 29 heavy (non-hydrogen) atoms. The first-order valence-corrected chi connectivity index (χ1v) is 8.72. The number of rotatable bonds is 5. The van der Waals surface area contributed by atoms with Gasteiger partial charge in [-0.1, -0.05) is 6.08 Å². The minimum Gasteiger partial charge on any atom is -0.507 e. The zero-order chi connectivity index (χ0) is 21.0. The van der Waals surface area contributed by atoms with E-state index in [4.69, 9.17) is 4.74 Å². The Morgan fingerprint density at radius 2 is 1.69 bits per heavy atom. The number of carbonyl (C=O) groups is 1. The van der Waals surface area contributed by atoms with E-state index in [1.54, 1.807) is 31.1 Å². The van der Waals surface area contributed by atoms with E-state index in [2.05, 4.69) is 24.9 Å². The van der Waals surface area contributed by atoms with Crippen LogP contribution in [0.25, 0.3) is 12.2 Å². The van der Waals surface area contributed by atoms with Crippen LogP contribution in [-0.4, -0.2) is 50.1 Å². The summed E-state index contributed by atoms with van der Waals surface area (Å²) in [6.07, 6.45) is 7.54. The monoisotopic (exact) mass is 392 g/mol. The van der Waals surface area contributed by atoms with Crippen molar-refractivity contribution in [2.45, 2.75) is 13.8 Å². The molecule has 0 saturated heterocycles. The van der Waals surface area contributed by atoms with Crippen LogP contribution in [0.4, 0.5) is 5.95 Å². The number of phenols is 1. The second kappa shape index (κ2) is 8.42. The molecule has 0 aliphatic heterocycles. The van der Waals surface area contributed by atoms with Gasteiger partial charge in [-0.15, -0.1) is 0 Å². The van der Waals surface area contributed by atoms with Crippen molar-refractivity contribution in [1.29, 1.82) is 0 Å². The Morgan fingerprint density at radius 3 is 2.31 bits per heavy atom. The molecule has 0 radical (unpaired) electrons. The van der Waals surface area contributed by atoms with Gasteiger partial charge in [0.15, 0.2) is 11.6 Å². The second-order valence-electron chi connectivity index (χ2n) is 6.51. The van der Waals surface area contributed by atoms with Crippen LogP contribution in [0.15, 0.2) is 30.9 Å². The zero-order valence-electron chi connectivity index (χ0n) is 16.5. The summed E-state index contributed by atoms with van der Waals surface area (Å²) < 4.78 is 5.21. The maximum atomic E-state index is 12.4. The van der Waals surface area contributed by atoms with Crippen molar-refractivity contribution in [2.75, 3.05) is 19.0 Å². The van der Waals surface area contributed by atoms with E-state index in [9.17, 15) is 9.90 Å². The maximum Gasteiger partial charge on any atom is 0.382 e. The van der Waals surface area contributed by atoms with Crippen LogP contribution in [0, 0.1) is 13.8 Å². The van der Waals surface area contributed by atoms with Crippen molar-refractivity contribution in [3.8, 4) is 11.5 Å². The zero-order valence-corrected chi connectivity index (χ0v) is 16.5. The third kappa shape index (κ3) is 4.89. The van der Waals surface area contributed by atoms with Gasteiger partial charge in [0, 0.05) is 14.1 Å². The average molecular weight is 392 g/mol.